The molecule has 0 spiro atoms. The highest BCUT2D eigenvalue weighted by atomic mass is 32.1. The lowest BCUT2D eigenvalue weighted by molar-refractivity contribution is 0.0823. The third-order valence-corrected chi connectivity index (χ3v) is 7.35. The maximum Gasteiger partial charge on any atom is 0.272 e. The summed E-state index contributed by atoms with van der Waals surface area (Å²) in [4.78, 5) is 34.3. The molecule has 0 radical (unpaired) electrons. The van der Waals surface area contributed by atoms with Crippen LogP contribution in [0.5, 0.6) is 0 Å². The number of thiazole rings is 1. The predicted molar refractivity (Wildman–Crippen MR) is 136 cm³/mol. The molecule has 1 aromatic carbocycles. The molecule has 0 saturated carbocycles. The van der Waals surface area contributed by atoms with Crippen LogP contribution in [0.4, 0.5) is 17.6 Å². The number of anilines is 3. The van der Waals surface area contributed by atoms with Crippen LogP contribution in [0.2, 0.25) is 0 Å². The molecule has 2 aliphatic heterocycles. The number of hydrogen-bond donors (Lipinski definition) is 1. The van der Waals surface area contributed by atoms with Gasteiger partial charge < -0.3 is 25.3 Å². The summed E-state index contributed by atoms with van der Waals surface area (Å²) in [5.74, 6) is 2.00. The molecule has 2 aliphatic rings. The van der Waals surface area contributed by atoms with E-state index in [9.17, 15) is 4.79 Å². The molecule has 0 unspecified atom stereocenters. The molecule has 4 heterocycles. The monoisotopic (exact) mass is 478 g/mol. The molecule has 0 aliphatic carbocycles. The highest BCUT2D eigenvalue weighted by Crippen LogP contribution is 2.31. The van der Waals surface area contributed by atoms with E-state index in [1.807, 2.05) is 5.38 Å². The van der Waals surface area contributed by atoms with E-state index in [-0.39, 0.29) is 5.91 Å². The van der Waals surface area contributed by atoms with Crippen molar-refractivity contribution in [2.24, 2.45) is 0 Å². The molecule has 9 nitrogen and oxygen atoms in total. The van der Waals surface area contributed by atoms with Crippen LogP contribution >= 0.6 is 11.3 Å². The number of nitrogens with two attached hydrogens (primary N) is 1. The van der Waals surface area contributed by atoms with E-state index in [0.717, 1.165) is 67.9 Å². The SMILES string of the molecule is CN1CCN(c2cc(N3CCc4ccc(-c5nc(C(=O)N(C)C)cs5)cc4C3)nc(N)n2)CC1. The summed E-state index contributed by atoms with van der Waals surface area (Å²) in [6.07, 6.45) is 0.936. The zero-order valence-electron chi connectivity index (χ0n) is 19.9. The van der Waals surface area contributed by atoms with Crippen molar-refractivity contribution in [3.05, 3.63) is 46.5 Å². The Bertz CT molecular complexity index is 1200. The number of carbonyl (C=O) groups is 1. The number of likely N-dealkylation sites (N-methyl/N-ethyl adjacent to an activating group) is 1. The van der Waals surface area contributed by atoms with Gasteiger partial charge in [-0.05, 0) is 30.7 Å². The molecule has 5 rings (SSSR count). The van der Waals surface area contributed by atoms with Gasteiger partial charge in [0.1, 0.15) is 22.3 Å². The first-order valence-corrected chi connectivity index (χ1v) is 12.4. The highest BCUT2D eigenvalue weighted by Gasteiger charge is 2.22. The Morgan fingerprint density at radius 3 is 2.44 bits per heavy atom. The van der Waals surface area contributed by atoms with Gasteiger partial charge >= 0.3 is 0 Å². The van der Waals surface area contributed by atoms with Gasteiger partial charge in [-0.3, -0.25) is 4.79 Å². The molecule has 0 bridgehead atoms. The maximum absolute atomic E-state index is 12.2. The standard InChI is InChI=1S/C24H30N8OS/c1-29(2)23(33)19-15-34-22(26-19)17-5-4-16-6-7-32(14-18(16)12-17)21-13-20(27-24(25)28-21)31-10-8-30(3)9-11-31/h4-5,12-13,15H,6-11,14H2,1-3H3,(H2,25,27,28). The van der Waals surface area contributed by atoms with Crippen LogP contribution in [0.15, 0.2) is 29.6 Å². The summed E-state index contributed by atoms with van der Waals surface area (Å²) in [7, 11) is 5.62. The van der Waals surface area contributed by atoms with Gasteiger partial charge in [0, 0.05) is 70.4 Å². The van der Waals surface area contributed by atoms with Gasteiger partial charge in [0.2, 0.25) is 5.95 Å². The number of nitrogen functional groups attached to an aromatic ring is 1. The Morgan fingerprint density at radius 2 is 1.71 bits per heavy atom. The summed E-state index contributed by atoms with van der Waals surface area (Å²) in [6.45, 7) is 5.52. The molecular formula is C24H30N8OS. The normalized spacial score (nSPS) is 16.4. The fourth-order valence-corrected chi connectivity index (χ4v) is 5.21. The zero-order chi connectivity index (χ0) is 23.8. The largest absolute Gasteiger partial charge is 0.368 e. The number of hydrogen-bond acceptors (Lipinski definition) is 9. The predicted octanol–water partition coefficient (Wildman–Crippen LogP) is 2.20. The molecule has 2 aromatic heterocycles. The van der Waals surface area contributed by atoms with E-state index in [2.05, 4.69) is 61.0 Å². The smallest absolute Gasteiger partial charge is 0.272 e. The Morgan fingerprint density at radius 1 is 0.971 bits per heavy atom. The lowest BCUT2D eigenvalue weighted by atomic mass is 9.97. The van der Waals surface area contributed by atoms with Crippen LogP contribution in [0.1, 0.15) is 21.6 Å². The second-order valence-electron chi connectivity index (χ2n) is 9.13. The second kappa shape index (κ2) is 9.19. The Labute approximate surface area is 203 Å². The van der Waals surface area contributed by atoms with Crippen molar-refractivity contribution < 1.29 is 4.79 Å². The number of fused-ring (bicyclic) bond motifs is 1. The number of aromatic nitrogens is 3. The Hall–Kier alpha value is -3.24. The summed E-state index contributed by atoms with van der Waals surface area (Å²) >= 11 is 1.50. The summed E-state index contributed by atoms with van der Waals surface area (Å²) in [6, 6.07) is 8.54. The first-order valence-electron chi connectivity index (χ1n) is 11.5. The van der Waals surface area contributed by atoms with Crippen molar-refractivity contribution in [1.29, 1.82) is 0 Å². The fourth-order valence-electron chi connectivity index (χ4n) is 4.42. The fraction of sp³-hybridized carbons (Fsp3) is 0.417. The molecule has 1 amide bonds. The van der Waals surface area contributed by atoms with Crippen LogP contribution in [0, 0.1) is 0 Å². The van der Waals surface area contributed by atoms with E-state index in [1.165, 1.54) is 22.5 Å². The molecule has 10 heteroatoms. The third kappa shape index (κ3) is 4.55. The number of nitrogens with zero attached hydrogens (tertiary/aromatic N) is 7. The first kappa shape index (κ1) is 22.5. The van der Waals surface area contributed by atoms with Gasteiger partial charge in [-0.25, -0.2) is 4.98 Å². The highest BCUT2D eigenvalue weighted by molar-refractivity contribution is 7.13. The number of carbonyl (C=O) groups excluding carboxylic acids is 1. The minimum Gasteiger partial charge on any atom is -0.368 e. The van der Waals surface area contributed by atoms with E-state index >= 15 is 0 Å². The number of amides is 1. The van der Waals surface area contributed by atoms with E-state index in [0.29, 0.717) is 11.6 Å². The van der Waals surface area contributed by atoms with Crippen molar-refractivity contribution in [2.45, 2.75) is 13.0 Å². The van der Waals surface area contributed by atoms with Gasteiger partial charge in [-0.1, -0.05) is 12.1 Å². The molecule has 34 heavy (non-hydrogen) atoms. The Balaban J connectivity index is 1.37. The average Bonchev–Trinajstić information content (AvgIpc) is 3.33. The molecule has 178 valence electrons. The van der Waals surface area contributed by atoms with Crippen LogP contribution in [-0.2, 0) is 13.0 Å². The van der Waals surface area contributed by atoms with Crippen molar-refractivity contribution in [3.63, 3.8) is 0 Å². The van der Waals surface area contributed by atoms with E-state index in [4.69, 9.17) is 5.73 Å². The van der Waals surface area contributed by atoms with Crippen LogP contribution in [0.25, 0.3) is 10.6 Å². The van der Waals surface area contributed by atoms with Crippen LogP contribution < -0.4 is 15.5 Å². The van der Waals surface area contributed by atoms with E-state index in [1.54, 1.807) is 19.0 Å². The van der Waals surface area contributed by atoms with Crippen LogP contribution in [-0.4, -0.2) is 84.5 Å². The van der Waals surface area contributed by atoms with Crippen molar-refractivity contribution in [3.8, 4) is 10.6 Å². The maximum atomic E-state index is 12.2. The summed E-state index contributed by atoms with van der Waals surface area (Å²) < 4.78 is 0. The van der Waals surface area contributed by atoms with Gasteiger partial charge in [0.25, 0.3) is 5.91 Å². The van der Waals surface area contributed by atoms with Crippen molar-refractivity contribution >= 4 is 34.8 Å². The number of benzene rings is 1. The number of piperazine rings is 1. The molecule has 1 fully saturated rings. The first-order chi connectivity index (χ1) is 16.4. The van der Waals surface area contributed by atoms with E-state index < -0.39 is 0 Å². The quantitative estimate of drug-likeness (QED) is 0.610. The average molecular weight is 479 g/mol. The van der Waals surface area contributed by atoms with Gasteiger partial charge in [0.15, 0.2) is 0 Å². The minimum absolute atomic E-state index is 0.0795. The zero-order valence-corrected chi connectivity index (χ0v) is 20.7. The van der Waals surface area contributed by atoms with Crippen molar-refractivity contribution in [1.82, 2.24) is 24.8 Å². The summed E-state index contributed by atoms with van der Waals surface area (Å²) in [5.41, 5.74) is 10.2. The summed E-state index contributed by atoms with van der Waals surface area (Å²) in [5, 5.41) is 2.68. The van der Waals surface area contributed by atoms with Gasteiger partial charge in [0.05, 0.1) is 0 Å². The molecule has 0 atom stereocenters. The second-order valence-corrected chi connectivity index (χ2v) is 9.98. The van der Waals surface area contributed by atoms with Gasteiger partial charge in [-0.2, -0.15) is 9.97 Å². The number of rotatable bonds is 4. The third-order valence-electron chi connectivity index (χ3n) is 6.46. The Kier molecular flexibility index (Phi) is 6.09. The van der Waals surface area contributed by atoms with Crippen molar-refractivity contribution in [2.75, 3.05) is 69.4 Å². The molecule has 3 aromatic rings. The molecular weight excluding hydrogens is 448 g/mol. The lowest BCUT2D eigenvalue weighted by Gasteiger charge is -2.34. The minimum atomic E-state index is -0.0795. The lowest BCUT2D eigenvalue weighted by Crippen LogP contribution is -2.45. The van der Waals surface area contributed by atoms with Crippen LogP contribution in [0.3, 0.4) is 0 Å². The topological polar surface area (TPSA) is 94.7 Å². The molecule has 1 saturated heterocycles. The van der Waals surface area contributed by atoms with Gasteiger partial charge in [-0.15, -0.1) is 11.3 Å². The molecule has 2 N–H and O–H groups in total.